The van der Waals surface area contributed by atoms with Crippen LogP contribution in [0.5, 0.6) is 0 Å². The molecule has 2 rings (SSSR count). The van der Waals surface area contributed by atoms with Crippen LogP contribution in [0.1, 0.15) is 31.0 Å². The number of nitrogens with one attached hydrogen (secondary N) is 1. The summed E-state index contributed by atoms with van der Waals surface area (Å²) in [7, 11) is -3.67. The Morgan fingerprint density at radius 2 is 1.95 bits per heavy atom. The summed E-state index contributed by atoms with van der Waals surface area (Å²) in [5.41, 5.74) is 1.72. The van der Waals surface area contributed by atoms with Crippen molar-refractivity contribution in [2.75, 3.05) is 4.72 Å². The minimum atomic E-state index is -3.67. The van der Waals surface area contributed by atoms with Gasteiger partial charge in [0.15, 0.2) is 0 Å². The minimum Gasteiger partial charge on any atom is -0.336 e. The number of hydrogen-bond acceptors (Lipinski definition) is 4. The van der Waals surface area contributed by atoms with Crippen molar-refractivity contribution in [1.82, 2.24) is 5.16 Å². The van der Waals surface area contributed by atoms with Crippen LogP contribution in [0.2, 0.25) is 0 Å². The van der Waals surface area contributed by atoms with Crippen molar-refractivity contribution >= 4 is 31.8 Å². The Labute approximate surface area is 132 Å². The molecule has 0 saturated heterocycles. The highest BCUT2D eigenvalue weighted by atomic mass is 79.9. The predicted octanol–water partition coefficient (Wildman–Crippen LogP) is 3.89. The average Bonchev–Trinajstić information content (AvgIpc) is 2.77. The van der Waals surface area contributed by atoms with Crippen LogP contribution >= 0.6 is 15.9 Å². The number of anilines is 1. The standard InChI is InChI=1S/C14H17BrN2O3S/c1-3-4-5-11-6-8-12(9-7-11)21(18,19)17-14-13(15)10(2)16-20-14/h6-9,17H,3-5H2,1-2H3. The molecule has 0 atom stereocenters. The van der Waals surface area contributed by atoms with Gasteiger partial charge in [-0.25, -0.2) is 13.1 Å². The largest absolute Gasteiger partial charge is 0.336 e. The van der Waals surface area contributed by atoms with E-state index in [9.17, 15) is 8.42 Å². The Bertz CT molecular complexity index is 708. The fraction of sp³-hybridized carbons (Fsp3) is 0.357. The summed E-state index contributed by atoms with van der Waals surface area (Å²) in [6.07, 6.45) is 3.16. The number of benzene rings is 1. The molecule has 1 aromatic carbocycles. The van der Waals surface area contributed by atoms with Crippen LogP contribution < -0.4 is 4.72 Å². The lowest BCUT2D eigenvalue weighted by Crippen LogP contribution is -2.12. The van der Waals surface area contributed by atoms with Gasteiger partial charge in [-0.15, -0.1) is 0 Å². The van der Waals surface area contributed by atoms with Crippen LogP contribution in [-0.2, 0) is 16.4 Å². The number of unbranched alkanes of at least 4 members (excludes halogenated alkanes) is 1. The van der Waals surface area contributed by atoms with E-state index in [1.165, 1.54) is 0 Å². The van der Waals surface area contributed by atoms with Gasteiger partial charge in [-0.1, -0.05) is 30.6 Å². The zero-order valence-electron chi connectivity index (χ0n) is 11.9. The van der Waals surface area contributed by atoms with Crippen molar-refractivity contribution in [2.45, 2.75) is 38.0 Å². The number of sulfonamides is 1. The number of rotatable bonds is 6. The molecule has 0 fully saturated rings. The van der Waals surface area contributed by atoms with Crippen LogP contribution in [0, 0.1) is 6.92 Å². The molecule has 0 amide bonds. The summed E-state index contributed by atoms with van der Waals surface area (Å²) in [5, 5.41) is 3.69. The summed E-state index contributed by atoms with van der Waals surface area (Å²) in [4.78, 5) is 0.198. The molecule has 0 unspecified atom stereocenters. The molecule has 114 valence electrons. The van der Waals surface area contributed by atoms with E-state index >= 15 is 0 Å². The van der Waals surface area contributed by atoms with Crippen molar-refractivity contribution < 1.29 is 12.9 Å². The highest BCUT2D eigenvalue weighted by Gasteiger charge is 2.19. The second-order valence-electron chi connectivity index (χ2n) is 4.76. The van der Waals surface area contributed by atoms with E-state index in [4.69, 9.17) is 4.52 Å². The van der Waals surface area contributed by atoms with Gasteiger partial charge < -0.3 is 4.52 Å². The Morgan fingerprint density at radius 3 is 2.48 bits per heavy atom. The molecule has 2 aromatic rings. The molecule has 1 heterocycles. The van der Waals surface area contributed by atoms with Crippen LogP contribution in [0.3, 0.4) is 0 Å². The molecule has 0 bridgehead atoms. The van der Waals surface area contributed by atoms with E-state index in [-0.39, 0.29) is 10.8 Å². The fourth-order valence-corrected chi connectivity index (χ4v) is 3.19. The molecule has 0 aliphatic rings. The average molecular weight is 373 g/mol. The van der Waals surface area contributed by atoms with Gasteiger partial charge in [0.25, 0.3) is 15.9 Å². The van der Waals surface area contributed by atoms with E-state index in [1.54, 1.807) is 19.1 Å². The highest BCUT2D eigenvalue weighted by molar-refractivity contribution is 9.10. The third-order valence-electron chi connectivity index (χ3n) is 3.07. The van der Waals surface area contributed by atoms with Crippen molar-refractivity contribution in [3.63, 3.8) is 0 Å². The molecule has 5 nitrogen and oxygen atoms in total. The van der Waals surface area contributed by atoms with Gasteiger partial charge in [-0.2, -0.15) is 0 Å². The molecular weight excluding hydrogens is 356 g/mol. The number of aryl methyl sites for hydroxylation is 2. The van der Waals surface area contributed by atoms with Crippen LogP contribution in [0.25, 0.3) is 0 Å². The molecule has 0 spiro atoms. The summed E-state index contributed by atoms with van der Waals surface area (Å²) in [6.45, 7) is 3.84. The quantitative estimate of drug-likeness (QED) is 0.834. The van der Waals surface area contributed by atoms with Crippen LogP contribution in [0.4, 0.5) is 5.88 Å². The molecule has 0 aliphatic heterocycles. The smallest absolute Gasteiger partial charge is 0.264 e. The molecule has 0 radical (unpaired) electrons. The van der Waals surface area contributed by atoms with E-state index in [2.05, 4.69) is 32.7 Å². The molecule has 7 heteroatoms. The van der Waals surface area contributed by atoms with Gasteiger partial charge in [-0.3, -0.25) is 0 Å². The van der Waals surface area contributed by atoms with Crippen molar-refractivity contribution in [2.24, 2.45) is 0 Å². The summed E-state index contributed by atoms with van der Waals surface area (Å²) in [5.74, 6) is 0.0857. The molecule has 1 N–H and O–H groups in total. The molecule has 21 heavy (non-hydrogen) atoms. The monoisotopic (exact) mass is 372 g/mol. The zero-order chi connectivity index (χ0) is 15.5. The first-order valence-electron chi connectivity index (χ1n) is 6.67. The van der Waals surface area contributed by atoms with Crippen LogP contribution in [0.15, 0.2) is 38.2 Å². The maximum Gasteiger partial charge on any atom is 0.264 e. The number of aromatic nitrogens is 1. The lowest BCUT2D eigenvalue weighted by Gasteiger charge is -2.06. The maximum atomic E-state index is 12.3. The predicted molar refractivity (Wildman–Crippen MR) is 84.8 cm³/mol. The van der Waals surface area contributed by atoms with Crippen LogP contribution in [-0.4, -0.2) is 13.6 Å². The van der Waals surface area contributed by atoms with E-state index in [0.717, 1.165) is 24.8 Å². The zero-order valence-corrected chi connectivity index (χ0v) is 14.3. The van der Waals surface area contributed by atoms with Gasteiger partial charge in [0.05, 0.1) is 10.6 Å². The lowest BCUT2D eigenvalue weighted by atomic mass is 10.1. The Balaban J connectivity index is 2.17. The van der Waals surface area contributed by atoms with Crippen molar-refractivity contribution in [3.05, 3.63) is 40.0 Å². The highest BCUT2D eigenvalue weighted by Crippen LogP contribution is 2.27. The summed E-state index contributed by atoms with van der Waals surface area (Å²) < 4.78 is 32.4. The lowest BCUT2D eigenvalue weighted by molar-refractivity contribution is 0.430. The molecule has 0 aliphatic carbocycles. The van der Waals surface area contributed by atoms with E-state index in [0.29, 0.717) is 10.2 Å². The summed E-state index contributed by atoms with van der Waals surface area (Å²) >= 11 is 3.23. The molecular formula is C14H17BrN2O3S. The van der Waals surface area contributed by atoms with E-state index in [1.807, 2.05) is 12.1 Å². The first-order valence-corrected chi connectivity index (χ1v) is 8.95. The number of hydrogen-bond donors (Lipinski definition) is 1. The van der Waals surface area contributed by atoms with Crippen molar-refractivity contribution in [3.8, 4) is 0 Å². The Hall–Kier alpha value is -1.34. The third-order valence-corrected chi connectivity index (χ3v) is 5.35. The number of nitrogens with zero attached hydrogens (tertiary/aromatic N) is 1. The van der Waals surface area contributed by atoms with E-state index < -0.39 is 10.0 Å². The van der Waals surface area contributed by atoms with Crippen molar-refractivity contribution in [1.29, 1.82) is 0 Å². The maximum absolute atomic E-state index is 12.3. The topological polar surface area (TPSA) is 72.2 Å². The number of halogens is 1. The Morgan fingerprint density at radius 1 is 1.29 bits per heavy atom. The molecule has 1 aromatic heterocycles. The van der Waals surface area contributed by atoms with Gasteiger partial charge in [0.1, 0.15) is 4.47 Å². The SMILES string of the molecule is CCCCc1ccc(S(=O)(=O)Nc2onc(C)c2Br)cc1. The first kappa shape index (κ1) is 16.0. The minimum absolute atomic E-state index is 0.0857. The van der Waals surface area contributed by atoms with Gasteiger partial charge in [-0.05, 0) is 53.4 Å². The van der Waals surface area contributed by atoms with Gasteiger partial charge >= 0.3 is 0 Å². The third kappa shape index (κ3) is 3.85. The fourth-order valence-electron chi connectivity index (χ4n) is 1.82. The molecule has 0 saturated carbocycles. The second kappa shape index (κ2) is 6.62. The van der Waals surface area contributed by atoms with Gasteiger partial charge in [0, 0.05) is 0 Å². The Kier molecular flexibility index (Phi) is 5.05. The van der Waals surface area contributed by atoms with Gasteiger partial charge in [0.2, 0.25) is 0 Å². The second-order valence-corrected chi connectivity index (χ2v) is 7.24. The first-order chi connectivity index (χ1) is 9.94. The summed E-state index contributed by atoms with van der Waals surface area (Å²) in [6, 6.07) is 6.88. The normalized spacial score (nSPS) is 11.6.